The standard InChI is InChI=1S/C13H14N2O4/c1-13(2)10(16)14-12(18)15(11(13)17)8-5-4-6-9(7-8)19-3/h4-7H,1-3H3,(H,14,16,18). The predicted octanol–water partition coefficient (Wildman–Crippen LogP) is 1.30. The van der Waals surface area contributed by atoms with Gasteiger partial charge in [0.25, 0.3) is 0 Å². The highest BCUT2D eigenvalue weighted by Gasteiger charge is 2.47. The Bertz CT molecular complexity index is 566. The van der Waals surface area contributed by atoms with E-state index in [9.17, 15) is 14.4 Å². The quantitative estimate of drug-likeness (QED) is 0.815. The Hall–Kier alpha value is -2.37. The molecule has 0 aliphatic carbocycles. The van der Waals surface area contributed by atoms with Gasteiger partial charge < -0.3 is 4.74 Å². The SMILES string of the molecule is COc1cccc(N2C(=O)NC(=O)C(C)(C)C2=O)c1. The number of carbonyl (C=O) groups is 3. The molecule has 6 heteroatoms. The number of ether oxygens (including phenoxy) is 1. The van der Waals surface area contributed by atoms with Crippen molar-refractivity contribution in [2.45, 2.75) is 13.8 Å². The number of hydrogen-bond donors (Lipinski definition) is 1. The molecule has 6 nitrogen and oxygen atoms in total. The van der Waals surface area contributed by atoms with Crippen LogP contribution in [0.3, 0.4) is 0 Å². The molecule has 0 radical (unpaired) electrons. The van der Waals surface area contributed by atoms with Crippen LogP contribution in [0.4, 0.5) is 10.5 Å². The minimum Gasteiger partial charge on any atom is -0.497 e. The summed E-state index contributed by atoms with van der Waals surface area (Å²) in [5.74, 6) is -0.635. The van der Waals surface area contributed by atoms with Crippen LogP contribution in [0.15, 0.2) is 24.3 Å². The molecule has 1 aliphatic heterocycles. The van der Waals surface area contributed by atoms with Gasteiger partial charge in [0.1, 0.15) is 11.2 Å². The number of nitrogens with one attached hydrogen (secondary N) is 1. The molecule has 4 amide bonds. The van der Waals surface area contributed by atoms with Crippen molar-refractivity contribution in [3.63, 3.8) is 0 Å². The van der Waals surface area contributed by atoms with E-state index >= 15 is 0 Å². The Morgan fingerprint density at radius 1 is 1.21 bits per heavy atom. The van der Waals surface area contributed by atoms with Gasteiger partial charge in [-0.2, -0.15) is 0 Å². The van der Waals surface area contributed by atoms with Gasteiger partial charge in [-0.1, -0.05) is 6.07 Å². The molecule has 1 aliphatic rings. The largest absolute Gasteiger partial charge is 0.497 e. The first-order valence-corrected chi connectivity index (χ1v) is 5.72. The average Bonchev–Trinajstić information content (AvgIpc) is 2.37. The Balaban J connectivity index is 2.45. The van der Waals surface area contributed by atoms with Gasteiger partial charge in [0.05, 0.1) is 12.8 Å². The van der Waals surface area contributed by atoms with Crippen LogP contribution in [0.25, 0.3) is 0 Å². The fraction of sp³-hybridized carbons (Fsp3) is 0.308. The molecule has 2 rings (SSSR count). The summed E-state index contributed by atoms with van der Waals surface area (Å²) < 4.78 is 5.05. The van der Waals surface area contributed by atoms with Gasteiger partial charge in [0, 0.05) is 6.07 Å². The highest BCUT2D eigenvalue weighted by Crippen LogP contribution is 2.29. The molecular formula is C13H14N2O4. The molecule has 0 saturated carbocycles. The third-order valence-electron chi connectivity index (χ3n) is 3.04. The maximum absolute atomic E-state index is 12.3. The van der Waals surface area contributed by atoms with E-state index in [1.54, 1.807) is 24.3 Å². The molecule has 1 aromatic carbocycles. The Morgan fingerprint density at radius 2 is 1.89 bits per heavy atom. The van der Waals surface area contributed by atoms with Crippen LogP contribution < -0.4 is 15.0 Å². The van der Waals surface area contributed by atoms with Gasteiger partial charge in [0.2, 0.25) is 11.8 Å². The maximum Gasteiger partial charge on any atom is 0.335 e. The number of carbonyl (C=O) groups excluding carboxylic acids is 3. The summed E-state index contributed by atoms with van der Waals surface area (Å²) in [5, 5.41) is 2.17. The van der Waals surface area contributed by atoms with E-state index in [1.807, 2.05) is 0 Å². The van der Waals surface area contributed by atoms with Crippen molar-refractivity contribution in [3.8, 4) is 5.75 Å². The molecule has 19 heavy (non-hydrogen) atoms. The Morgan fingerprint density at radius 3 is 2.53 bits per heavy atom. The summed E-state index contributed by atoms with van der Waals surface area (Å²) in [6.07, 6.45) is 0. The smallest absolute Gasteiger partial charge is 0.335 e. The second-order valence-electron chi connectivity index (χ2n) is 4.73. The Labute approximate surface area is 110 Å². The average molecular weight is 262 g/mol. The van der Waals surface area contributed by atoms with E-state index < -0.39 is 23.3 Å². The number of imide groups is 2. The molecule has 1 fully saturated rings. The molecule has 100 valence electrons. The first-order chi connectivity index (χ1) is 8.87. The van der Waals surface area contributed by atoms with Crippen LogP contribution in [-0.4, -0.2) is 25.0 Å². The van der Waals surface area contributed by atoms with Gasteiger partial charge in [-0.05, 0) is 26.0 Å². The van der Waals surface area contributed by atoms with Crippen LogP contribution in [0.2, 0.25) is 0 Å². The first-order valence-electron chi connectivity index (χ1n) is 5.72. The van der Waals surface area contributed by atoms with Crippen molar-refractivity contribution in [1.82, 2.24) is 5.32 Å². The van der Waals surface area contributed by atoms with Crippen LogP contribution in [0.1, 0.15) is 13.8 Å². The van der Waals surface area contributed by atoms with Crippen LogP contribution in [-0.2, 0) is 9.59 Å². The molecule has 1 aromatic rings. The lowest BCUT2D eigenvalue weighted by Gasteiger charge is -2.34. The zero-order chi connectivity index (χ0) is 14.2. The van der Waals surface area contributed by atoms with Gasteiger partial charge in [0.15, 0.2) is 0 Å². The number of benzene rings is 1. The number of amides is 4. The number of urea groups is 1. The predicted molar refractivity (Wildman–Crippen MR) is 67.8 cm³/mol. The molecule has 0 aromatic heterocycles. The van der Waals surface area contributed by atoms with Crippen molar-refractivity contribution in [2.24, 2.45) is 5.41 Å². The van der Waals surface area contributed by atoms with E-state index in [-0.39, 0.29) is 0 Å². The lowest BCUT2D eigenvalue weighted by molar-refractivity contribution is -0.140. The number of methoxy groups -OCH3 is 1. The topological polar surface area (TPSA) is 75.7 Å². The normalized spacial score (nSPS) is 18.3. The number of rotatable bonds is 2. The van der Waals surface area contributed by atoms with Gasteiger partial charge in [-0.15, -0.1) is 0 Å². The molecule has 1 saturated heterocycles. The first kappa shape index (κ1) is 13.1. The lowest BCUT2D eigenvalue weighted by atomic mass is 9.88. The summed E-state index contributed by atoms with van der Waals surface area (Å²) in [6, 6.07) is 5.78. The minimum absolute atomic E-state index is 0.363. The molecule has 0 bridgehead atoms. The summed E-state index contributed by atoms with van der Waals surface area (Å²) in [4.78, 5) is 36.7. The third-order valence-corrected chi connectivity index (χ3v) is 3.04. The fourth-order valence-electron chi connectivity index (χ4n) is 1.76. The number of anilines is 1. The van der Waals surface area contributed by atoms with Crippen LogP contribution in [0.5, 0.6) is 5.75 Å². The zero-order valence-corrected chi connectivity index (χ0v) is 10.9. The van der Waals surface area contributed by atoms with Crippen molar-refractivity contribution in [1.29, 1.82) is 0 Å². The van der Waals surface area contributed by atoms with Gasteiger partial charge in [-0.25, -0.2) is 9.69 Å². The highest BCUT2D eigenvalue weighted by atomic mass is 16.5. The summed E-state index contributed by atoms with van der Waals surface area (Å²) >= 11 is 0. The van der Waals surface area contributed by atoms with Crippen molar-refractivity contribution in [3.05, 3.63) is 24.3 Å². The van der Waals surface area contributed by atoms with E-state index in [0.717, 1.165) is 4.90 Å². The zero-order valence-electron chi connectivity index (χ0n) is 10.9. The Kier molecular flexibility index (Phi) is 3.01. The van der Waals surface area contributed by atoms with Crippen molar-refractivity contribution < 1.29 is 19.1 Å². The number of barbiturate groups is 1. The monoisotopic (exact) mass is 262 g/mol. The maximum atomic E-state index is 12.3. The van der Waals surface area contributed by atoms with Crippen molar-refractivity contribution >= 4 is 23.5 Å². The van der Waals surface area contributed by atoms with Gasteiger partial charge >= 0.3 is 6.03 Å². The fourth-order valence-corrected chi connectivity index (χ4v) is 1.76. The molecule has 1 heterocycles. The molecule has 1 N–H and O–H groups in total. The molecular weight excluding hydrogens is 248 g/mol. The minimum atomic E-state index is -1.28. The lowest BCUT2D eigenvalue weighted by Crippen LogP contribution is -2.62. The molecule has 0 atom stereocenters. The summed E-state index contributed by atoms with van der Waals surface area (Å²) in [6.45, 7) is 2.95. The van der Waals surface area contributed by atoms with Gasteiger partial charge in [-0.3, -0.25) is 14.9 Å². The molecule has 0 spiro atoms. The highest BCUT2D eigenvalue weighted by molar-refractivity contribution is 6.29. The molecule has 0 unspecified atom stereocenters. The van der Waals surface area contributed by atoms with Crippen LogP contribution in [0, 0.1) is 5.41 Å². The summed E-state index contributed by atoms with van der Waals surface area (Å²) in [7, 11) is 1.49. The second kappa shape index (κ2) is 4.38. The van der Waals surface area contributed by atoms with E-state index in [4.69, 9.17) is 4.74 Å². The summed E-state index contributed by atoms with van der Waals surface area (Å²) in [5.41, 5.74) is -0.917. The number of hydrogen-bond acceptors (Lipinski definition) is 4. The number of nitrogens with zero attached hydrogens (tertiary/aromatic N) is 1. The van der Waals surface area contributed by atoms with E-state index in [2.05, 4.69) is 5.32 Å². The van der Waals surface area contributed by atoms with E-state index in [0.29, 0.717) is 11.4 Å². The van der Waals surface area contributed by atoms with E-state index in [1.165, 1.54) is 21.0 Å². The van der Waals surface area contributed by atoms with Crippen LogP contribution >= 0.6 is 0 Å². The second-order valence-corrected chi connectivity index (χ2v) is 4.73. The van der Waals surface area contributed by atoms with Crippen molar-refractivity contribution in [2.75, 3.05) is 12.0 Å². The third kappa shape index (κ3) is 2.05.